The molecule has 0 saturated carbocycles. The second-order valence-corrected chi connectivity index (χ2v) is 3.51. The lowest BCUT2D eigenvalue weighted by Gasteiger charge is -2.12. The number of aliphatic hydroxyl groups excluding tert-OH is 1. The fraction of sp³-hybridized carbons (Fsp3) is 0.400. The van der Waals surface area contributed by atoms with Gasteiger partial charge in [0.05, 0.1) is 16.8 Å². The van der Waals surface area contributed by atoms with Crippen LogP contribution < -0.4 is 11.1 Å². The zero-order chi connectivity index (χ0) is 10.6. The minimum Gasteiger partial charge on any atom is -0.398 e. The van der Waals surface area contributed by atoms with E-state index in [1.807, 2.05) is 6.92 Å². The maximum absolute atomic E-state index is 9.70. The van der Waals surface area contributed by atoms with Crippen molar-refractivity contribution in [2.45, 2.75) is 13.0 Å². The first-order valence-electron chi connectivity index (χ1n) is 4.59. The van der Waals surface area contributed by atoms with Gasteiger partial charge in [-0.15, -0.1) is 0 Å². The molecule has 0 bridgehead atoms. The van der Waals surface area contributed by atoms with Gasteiger partial charge in [0.25, 0.3) is 0 Å². The molecule has 0 aliphatic heterocycles. The number of hydrogen-bond donors (Lipinski definition) is 3. The standard InChI is InChI=1S/C10H15ClN2O/c1-2-13-6-10(14)7-3-4-9(12)8(11)5-7/h3-5,10,13-14H,2,6,12H2,1H3. The molecule has 0 amide bonds. The number of nitrogens with two attached hydrogens (primary N) is 1. The highest BCUT2D eigenvalue weighted by Gasteiger charge is 2.07. The molecule has 0 aromatic heterocycles. The summed E-state index contributed by atoms with van der Waals surface area (Å²) in [6.45, 7) is 3.35. The molecule has 1 aromatic carbocycles. The Morgan fingerprint density at radius 1 is 1.57 bits per heavy atom. The Bertz CT molecular complexity index is 304. The van der Waals surface area contributed by atoms with Crippen LogP contribution in [0.5, 0.6) is 0 Å². The predicted octanol–water partition coefficient (Wildman–Crippen LogP) is 1.57. The van der Waals surface area contributed by atoms with Crippen molar-refractivity contribution in [3.8, 4) is 0 Å². The zero-order valence-corrected chi connectivity index (χ0v) is 8.88. The maximum Gasteiger partial charge on any atom is 0.0914 e. The molecule has 4 N–H and O–H groups in total. The number of hydrogen-bond acceptors (Lipinski definition) is 3. The summed E-state index contributed by atoms with van der Waals surface area (Å²) in [6, 6.07) is 5.18. The quantitative estimate of drug-likeness (QED) is 0.667. The Morgan fingerprint density at radius 2 is 2.29 bits per heavy atom. The van der Waals surface area contributed by atoms with E-state index in [4.69, 9.17) is 17.3 Å². The minimum atomic E-state index is -0.534. The van der Waals surface area contributed by atoms with Crippen molar-refractivity contribution in [2.75, 3.05) is 18.8 Å². The van der Waals surface area contributed by atoms with Crippen LogP contribution in [0.2, 0.25) is 5.02 Å². The minimum absolute atomic E-state index is 0.484. The molecule has 1 rings (SSSR count). The zero-order valence-electron chi connectivity index (χ0n) is 8.13. The molecule has 0 aliphatic carbocycles. The van der Waals surface area contributed by atoms with Crippen LogP contribution in [-0.2, 0) is 0 Å². The molecule has 0 aliphatic rings. The average Bonchev–Trinajstić information content (AvgIpc) is 2.18. The monoisotopic (exact) mass is 214 g/mol. The van der Waals surface area contributed by atoms with Gasteiger partial charge in [0, 0.05) is 6.54 Å². The number of halogens is 1. The topological polar surface area (TPSA) is 58.3 Å². The van der Waals surface area contributed by atoms with Crippen LogP contribution in [0.3, 0.4) is 0 Å². The van der Waals surface area contributed by atoms with Crippen LogP contribution in [-0.4, -0.2) is 18.2 Å². The van der Waals surface area contributed by atoms with Crippen molar-refractivity contribution < 1.29 is 5.11 Å². The SMILES string of the molecule is CCNCC(O)c1ccc(N)c(Cl)c1. The number of aliphatic hydroxyl groups is 1. The molecule has 1 aromatic rings. The number of benzene rings is 1. The Kier molecular flexibility index (Phi) is 4.20. The Balaban J connectivity index is 2.70. The van der Waals surface area contributed by atoms with Gasteiger partial charge in [-0.1, -0.05) is 24.6 Å². The van der Waals surface area contributed by atoms with E-state index in [2.05, 4.69) is 5.32 Å². The van der Waals surface area contributed by atoms with E-state index in [1.54, 1.807) is 18.2 Å². The van der Waals surface area contributed by atoms with Gasteiger partial charge in [-0.25, -0.2) is 0 Å². The number of rotatable bonds is 4. The molecule has 1 atom stereocenters. The van der Waals surface area contributed by atoms with E-state index >= 15 is 0 Å². The number of nitrogens with one attached hydrogen (secondary N) is 1. The van der Waals surface area contributed by atoms with Gasteiger partial charge in [-0.3, -0.25) is 0 Å². The van der Waals surface area contributed by atoms with Gasteiger partial charge in [0.1, 0.15) is 0 Å². The first kappa shape index (κ1) is 11.3. The Morgan fingerprint density at radius 3 is 2.86 bits per heavy atom. The molecule has 0 saturated heterocycles. The van der Waals surface area contributed by atoms with E-state index in [9.17, 15) is 5.11 Å². The van der Waals surface area contributed by atoms with E-state index in [-0.39, 0.29) is 0 Å². The fourth-order valence-corrected chi connectivity index (χ4v) is 1.34. The molecule has 4 heteroatoms. The van der Waals surface area contributed by atoms with Crippen LogP contribution in [0.4, 0.5) is 5.69 Å². The van der Waals surface area contributed by atoms with Crippen LogP contribution in [0.25, 0.3) is 0 Å². The van der Waals surface area contributed by atoms with Gasteiger partial charge in [-0.2, -0.15) is 0 Å². The van der Waals surface area contributed by atoms with Gasteiger partial charge in [0.2, 0.25) is 0 Å². The van der Waals surface area contributed by atoms with Crippen LogP contribution in [0.15, 0.2) is 18.2 Å². The van der Waals surface area contributed by atoms with Crippen LogP contribution >= 0.6 is 11.6 Å². The van der Waals surface area contributed by atoms with Gasteiger partial charge < -0.3 is 16.2 Å². The summed E-state index contributed by atoms with van der Waals surface area (Å²) in [5, 5.41) is 13.2. The number of nitrogen functional groups attached to an aromatic ring is 1. The Hall–Kier alpha value is -0.770. The molecule has 0 heterocycles. The van der Waals surface area contributed by atoms with Crippen molar-refractivity contribution >= 4 is 17.3 Å². The molecule has 0 radical (unpaired) electrons. The highest BCUT2D eigenvalue weighted by Crippen LogP contribution is 2.23. The second kappa shape index (κ2) is 5.20. The molecule has 78 valence electrons. The van der Waals surface area contributed by atoms with Crippen molar-refractivity contribution in [1.29, 1.82) is 0 Å². The fourth-order valence-electron chi connectivity index (χ4n) is 1.15. The lowest BCUT2D eigenvalue weighted by Crippen LogP contribution is -2.20. The number of anilines is 1. The maximum atomic E-state index is 9.70. The third kappa shape index (κ3) is 2.87. The second-order valence-electron chi connectivity index (χ2n) is 3.10. The number of likely N-dealkylation sites (N-methyl/N-ethyl adjacent to an activating group) is 1. The highest BCUT2D eigenvalue weighted by atomic mass is 35.5. The highest BCUT2D eigenvalue weighted by molar-refractivity contribution is 6.33. The smallest absolute Gasteiger partial charge is 0.0914 e. The van der Waals surface area contributed by atoms with E-state index in [0.717, 1.165) is 12.1 Å². The van der Waals surface area contributed by atoms with E-state index in [1.165, 1.54) is 0 Å². The van der Waals surface area contributed by atoms with Crippen molar-refractivity contribution in [2.24, 2.45) is 0 Å². The molecular weight excluding hydrogens is 200 g/mol. The van der Waals surface area contributed by atoms with Crippen molar-refractivity contribution in [1.82, 2.24) is 5.32 Å². The van der Waals surface area contributed by atoms with Crippen LogP contribution in [0.1, 0.15) is 18.6 Å². The van der Waals surface area contributed by atoms with Crippen molar-refractivity contribution in [3.63, 3.8) is 0 Å². The lowest BCUT2D eigenvalue weighted by molar-refractivity contribution is 0.175. The summed E-state index contributed by atoms with van der Waals surface area (Å²) >= 11 is 5.84. The predicted molar refractivity (Wildman–Crippen MR) is 59.4 cm³/mol. The molecule has 3 nitrogen and oxygen atoms in total. The summed E-state index contributed by atoms with van der Waals surface area (Å²) in [5.41, 5.74) is 6.88. The average molecular weight is 215 g/mol. The van der Waals surface area contributed by atoms with E-state index in [0.29, 0.717) is 17.3 Å². The summed E-state index contributed by atoms with van der Waals surface area (Å²) in [4.78, 5) is 0. The van der Waals surface area contributed by atoms with E-state index < -0.39 is 6.10 Å². The molecular formula is C10H15ClN2O. The normalized spacial score (nSPS) is 12.8. The lowest BCUT2D eigenvalue weighted by atomic mass is 10.1. The largest absolute Gasteiger partial charge is 0.398 e. The first-order chi connectivity index (χ1) is 6.65. The summed E-state index contributed by atoms with van der Waals surface area (Å²) in [7, 11) is 0. The van der Waals surface area contributed by atoms with Gasteiger partial charge in [0.15, 0.2) is 0 Å². The molecule has 14 heavy (non-hydrogen) atoms. The summed E-state index contributed by atoms with van der Waals surface area (Å²) in [5.74, 6) is 0. The third-order valence-corrected chi connectivity index (χ3v) is 2.32. The first-order valence-corrected chi connectivity index (χ1v) is 4.96. The summed E-state index contributed by atoms with van der Waals surface area (Å²) in [6.07, 6.45) is -0.534. The van der Waals surface area contributed by atoms with Gasteiger partial charge in [-0.05, 0) is 24.2 Å². The Labute approximate surface area is 88.9 Å². The third-order valence-electron chi connectivity index (χ3n) is 2.00. The molecule has 0 fully saturated rings. The summed E-state index contributed by atoms with van der Waals surface area (Å²) < 4.78 is 0. The van der Waals surface area contributed by atoms with Crippen LogP contribution in [0, 0.1) is 0 Å². The van der Waals surface area contributed by atoms with Gasteiger partial charge >= 0.3 is 0 Å². The van der Waals surface area contributed by atoms with Crippen molar-refractivity contribution in [3.05, 3.63) is 28.8 Å². The molecule has 1 unspecified atom stereocenters. The molecule has 0 spiro atoms.